The quantitative estimate of drug-likeness (QED) is 0.100. The lowest BCUT2D eigenvalue weighted by Gasteiger charge is -2.72. The van der Waals surface area contributed by atoms with E-state index in [0.717, 1.165) is 5.57 Å². The zero-order valence-corrected chi connectivity index (χ0v) is 36.9. The van der Waals surface area contributed by atoms with Crippen molar-refractivity contribution in [2.24, 2.45) is 22.7 Å². The summed E-state index contributed by atoms with van der Waals surface area (Å²) in [5.41, 5.74) is -2.89. The van der Waals surface area contributed by atoms with Gasteiger partial charge in [0, 0.05) is 48.0 Å². The van der Waals surface area contributed by atoms with Gasteiger partial charge in [-0.2, -0.15) is 0 Å². The van der Waals surface area contributed by atoms with Gasteiger partial charge in [-0.3, -0.25) is 9.59 Å². The molecule has 8 rings (SSSR count). The number of aliphatic hydroxyl groups is 2. The molecule has 1 aliphatic heterocycles. The number of carbonyl (C=O) groups excluding carboxylic acids is 4. The van der Waals surface area contributed by atoms with Crippen molar-refractivity contribution in [3.8, 4) is 0 Å². The molecule has 0 aromatic heterocycles. The fourth-order valence-corrected chi connectivity index (χ4v) is 11.7. The first-order valence-electron chi connectivity index (χ1n) is 22.1. The molecule has 4 aliphatic carbocycles. The lowest BCUT2D eigenvalue weighted by atomic mass is 9.40. The second-order valence-electron chi connectivity index (χ2n) is 18.9. The zero-order valence-electron chi connectivity index (χ0n) is 36.9. The number of fused-ring (bicyclic) bond motifs is 4. The summed E-state index contributed by atoms with van der Waals surface area (Å²) in [6, 6.07) is 24.4. The van der Waals surface area contributed by atoms with Crippen LogP contribution in [-0.2, 0) is 33.3 Å². The van der Waals surface area contributed by atoms with Gasteiger partial charge in [-0.25, -0.2) is 9.59 Å². The average Bonchev–Trinajstić information content (AvgIpc) is 3.27. The van der Waals surface area contributed by atoms with Crippen LogP contribution in [0.15, 0.2) is 115 Å². The fraction of sp³-hybridized carbons (Fsp3) is 0.490. The number of benzene rings is 3. The van der Waals surface area contributed by atoms with E-state index in [9.17, 15) is 29.4 Å². The van der Waals surface area contributed by atoms with Crippen molar-refractivity contribution >= 4 is 23.8 Å². The van der Waals surface area contributed by atoms with Crippen LogP contribution in [0.5, 0.6) is 0 Å². The molecule has 334 valence electrons. The molecule has 4 fully saturated rings. The molecule has 12 heteroatoms. The molecule has 1 heterocycles. The third-order valence-electron chi connectivity index (χ3n) is 15.5. The number of nitrogens with one attached hydrogen (secondary N) is 1. The first-order chi connectivity index (χ1) is 29.9. The SMILES string of the molecule is C=CC1(CC)O[C@H]2CC3=C(C)[C@@H](OC(=O)[C@H](O)[C@@H](NC(=O)c4ccccc4)c4ccccc4)C[C@@](O)([C@@H](OC(=O)c4ccccc4)[C@@H]4[C@]5(OC(C)=O)CC[C@@H]5C[C@H](O1)[C@@]24C)C3(C)C. The van der Waals surface area contributed by atoms with Crippen molar-refractivity contribution in [2.75, 3.05) is 0 Å². The Morgan fingerprint density at radius 2 is 1.51 bits per heavy atom. The Morgan fingerprint density at radius 3 is 2.08 bits per heavy atom. The standard InChI is InChI=1S/C51H59NO11/c1-8-49(9-2)62-38-27-35-25-26-50(35,61-31(4)53)42-43(60-45(56)34-23-17-12-18-24-34)51(58)29-37(30(3)36(47(51,5)6)28-39(63-49)48(38,42)7)59-46(57)41(54)40(32-19-13-10-14-20-32)52-44(55)33-21-15-11-16-22-33/h8,10-24,35,37-43,54,58H,1,9,25-29H2,2-7H3,(H,52,55)/t35-,37+,38+,39+,40+,41-,42+,43+,48+,49?,50+,51-/m1/s1. The van der Waals surface area contributed by atoms with E-state index >= 15 is 0 Å². The largest absolute Gasteiger partial charge is 0.458 e. The third kappa shape index (κ3) is 7.23. The second kappa shape index (κ2) is 16.4. The van der Waals surface area contributed by atoms with Crippen molar-refractivity contribution in [2.45, 2.75) is 134 Å². The normalized spacial score (nSPS) is 34.8. The molecular formula is C51H59NO11. The van der Waals surface area contributed by atoms with Crippen LogP contribution in [0, 0.1) is 22.7 Å². The zero-order chi connectivity index (χ0) is 45.1. The number of aliphatic hydroxyl groups excluding tert-OH is 1. The van der Waals surface area contributed by atoms with E-state index in [4.69, 9.17) is 23.7 Å². The van der Waals surface area contributed by atoms with Crippen LogP contribution in [0.4, 0.5) is 0 Å². The Bertz CT molecular complexity index is 2280. The molecule has 63 heavy (non-hydrogen) atoms. The summed E-state index contributed by atoms with van der Waals surface area (Å²) in [6.45, 7) is 15.1. The Morgan fingerprint density at radius 1 is 0.905 bits per heavy atom. The van der Waals surface area contributed by atoms with Gasteiger partial charge in [0.25, 0.3) is 5.91 Å². The molecule has 3 saturated carbocycles. The molecule has 1 saturated heterocycles. The van der Waals surface area contributed by atoms with Crippen LogP contribution >= 0.6 is 0 Å². The Kier molecular flexibility index (Phi) is 11.6. The second-order valence-corrected chi connectivity index (χ2v) is 18.9. The fourth-order valence-electron chi connectivity index (χ4n) is 11.7. The van der Waals surface area contributed by atoms with Gasteiger partial charge in [-0.15, -0.1) is 0 Å². The Balaban J connectivity index is 1.26. The number of hydrogen-bond donors (Lipinski definition) is 3. The van der Waals surface area contributed by atoms with Gasteiger partial charge in [0.2, 0.25) is 0 Å². The van der Waals surface area contributed by atoms with Crippen molar-refractivity contribution in [1.29, 1.82) is 0 Å². The van der Waals surface area contributed by atoms with E-state index < -0.39 is 94.1 Å². The van der Waals surface area contributed by atoms with Gasteiger partial charge in [0.15, 0.2) is 11.9 Å². The lowest BCUT2D eigenvalue weighted by molar-refractivity contribution is -0.401. The molecule has 3 aromatic rings. The number of ether oxygens (including phenoxy) is 5. The van der Waals surface area contributed by atoms with Crippen molar-refractivity contribution < 1.29 is 53.1 Å². The first-order valence-corrected chi connectivity index (χ1v) is 22.1. The number of esters is 3. The summed E-state index contributed by atoms with van der Waals surface area (Å²) in [7, 11) is 0. The van der Waals surface area contributed by atoms with Crippen LogP contribution in [0.1, 0.15) is 112 Å². The predicted octanol–water partition coefficient (Wildman–Crippen LogP) is 7.35. The summed E-state index contributed by atoms with van der Waals surface area (Å²) in [5, 5.41) is 28.6. The third-order valence-corrected chi connectivity index (χ3v) is 15.5. The van der Waals surface area contributed by atoms with Crippen LogP contribution < -0.4 is 5.32 Å². The highest BCUT2D eigenvalue weighted by molar-refractivity contribution is 5.95. The van der Waals surface area contributed by atoms with Crippen LogP contribution in [-0.4, -0.2) is 81.5 Å². The van der Waals surface area contributed by atoms with Crippen molar-refractivity contribution in [1.82, 2.24) is 5.32 Å². The maximum Gasteiger partial charge on any atom is 0.338 e. The van der Waals surface area contributed by atoms with Gasteiger partial charge in [-0.05, 0) is 74.1 Å². The first kappa shape index (κ1) is 44.5. The molecule has 3 N–H and O–H groups in total. The van der Waals surface area contributed by atoms with Gasteiger partial charge in [-0.1, -0.05) is 107 Å². The van der Waals surface area contributed by atoms with E-state index in [1.54, 1.807) is 97.1 Å². The number of carbonyl (C=O) groups is 4. The van der Waals surface area contributed by atoms with Crippen LogP contribution in [0.2, 0.25) is 0 Å². The van der Waals surface area contributed by atoms with Gasteiger partial charge >= 0.3 is 17.9 Å². The molecule has 2 bridgehead atoms. The monoisotopic (exact) mass is 861 g/mol. The summed E-state index contributed by atoms with van der Waals surface area (Å²) >= 11 is 0. The summed E-state index contributed by atoms with van der Waals surface area (Å²) in [4.78, 5) is 55.7. The summed E-state index contributed by atoms with van der Waals surface area (Å²) < 4.78 is 33.6. The maximum atomic E-state index is 14.5. The molecule has 3 aromatic carbocycles. The predicted molar refractivity (Wildman–Crippen MR) is 232 cm³/mol. The van der Waals surface area contributed by atoms with E-state index in [0.29, 0.717) is 42.4 Å². The molecule has 1 unspecified atom stereocenters. The number of hydrogen-bond acceptors (Lipinski definition) is 11. The number of amides is 1. The van der Waals surface area contributed by atoms with Crippen molar-refractivity contribution in [3.63, 3.8) is 0 Å². The lowest BCUT2D eigenvalue weighted by Crippen LogP contribution is -2.80. The summed E-state index contributed by atoms with van der Waals surface area (Å²) in [6.07, 6.45) is -1.70. The van der Waals surface area contributed by atoms with Crippen molar-refractivity contribution in [3.05, 3.63) is 131 Å². The topological polar surface area (TPSA) is 167 Å². The van der Waals surface area contributed by atoms with E-state index in [1.165, 1.54) is 6.92 Å². The number of rotatable bonds is 11. The minimum absolute atomic E-state index is 0.197. The molecule has 5 aliphatic rings. The highest BCUT2D eigenvalue weighted by Crippen LogP contribution is 2.70. The van der Waals surface area contributed by atoms with E-state index in [-0.39, 0.29) is 24.3 Å². The molecule has 0 spiro atoms. The summed E-state index contributed by atoms with van der Waals surface area (Å²) in [5.74, 6) is -4.96. The van der Waals surface area contributed by atoms with E-state index in [1.807, 2.05) is 34.6 Å². The Hall–Kier alpha value is -5.14. The smallest absolute Gasteiger partial charge is 0.338 e. The molecule has 0 radical (unpaired) electrons. The minimum atomic E-state index is -1.98. The molecule has 1 amide bonds. The van der Waals surface area contributed by atoms with Gasteiger partial charge in [0.1, 0.15) is 23.4 Å². The van der Waals surface area contributed by atoms with E-state index in [2.05, 4.69) is 11.9 Å². The van der Waals surface area contributed by atoms with Crippen LogP contribution in [0.25, 0.3) is 0 Å². The Labute approximate surface area is 369 Å². The highest BCUT2D eigenvalue weighted by atomic mass is 16.7. The average molecular weight is 862 g/mol. The molecular weight excluding hydrogens is 803 g/mol. The minimum Gasteiger partial charge on any atom is -0.458 e. The van der Waals surface area contributed by atoms with Gasteiger partial charge in [0.05, 0.1) is 23.8 Å². The highest BCUT2D eigenvalue weighted by Gasteiger charge is 2.77. The maximum absolute atomic E-state index is 14.5. The van der Waals surface area contributed by atoms with Crippen LogP contribution in [0.3, 0.4) is 0 Å². The molecule has 12 nitrogen and oxygen atoms in total. The molecule has 12 atom stereocenters. The van der Waals surface area contributed by atoms with Gasteiger partial charge < -0.3 is 39.2 Å².